The minimum Gasteiger partial charge on any atom is -0.495 e. The van der Waals surface area contributed by atoms with Crippen molar-refractivity contribution in [1.82, 2.24) is 5.32 Å². The second kappa shape index (κ2) is 5.84. The van der Waals surface area contributed by atoms with E-state index in [0.29, 0.717) is 5.92 Å². The number of methoxy groups -OCH3 is 1. The van der Waals surface area contributed by atoms with Crippen LogP contribution in [0, 0.1) is 0 Å². The van der Waals surface area contributed by atoms with E-state index in [-0.39, 0.29) is 0 Å². The summed E-state index contributed by atoms with van der Waals surface area (Å²) in [5.41, 5.74) is 4.62. The average molecular weight is 324 g/mol. The van der Waals surface area contributed by atoms with Crippen LogP contribution in [0.15, 0.2) is 10.5 Å². The van der Waals surface area contributed by atoms with Gasteiger partial charge in [-0.1, -0.05) is 6.42 Å². The lowest BCUT2D eigenvalue weighted by Crippen LogP contribution is -2.12. The van der Waals surface area contributed by atoms with E-state index in [1.54, 1.807) is 18.2 Å². The summed E-state index contributed by atoms with van der Waals surface area (Å²) >= 11 is 3.71. The molecule has 3 rings (SSSR count). The number of rotatable bonds is 2. The first kappa shape index (κ1) is 13.4. The lowest BCUT2D eigenvalue weighted by atomic mass is 9.87. The van der Waals surface area contributed by atoms with E-state index in [1.165, 1.54) is 44.1 Å². The summed E-state index contributed by atoms with van der Waals surface area (Å²) in [6, 6.07) is 2.30. The van der Waals surface area contributed by atoms with Gasteiger partial charge in [0.2, 0.25) is 0 Å². The van der Waals surface area contributed by atoms with E-state index >= 15 is 0 Å². The first-order chi connectivity index (χ1) is 9.31. The number of ether oxygens (including phenoxy) is 1. The lowest BCUT2D eigenvalue weighted by Gasteiger charge is -2.22. The van der Waals surface area contributed by atoms with Crippen molar-refractivity contribution >= 4 is 15.9 Å². The predicted molar refractivity (Wildman–Crippen MR) is 82.2 cm³/mol. The van der Waals surface area contributed by atoms with E-state index in [9.17, 15) is 0 Å². The monoisotopic (exact) mass is 323 g/mol. The van der Waals surface area contributed by atoms with Gasteiger partial charge in [0.05, 0.1) is 11.6 Å². The Balaban J connectivity index is 2.13. The summed E-state index contributed by atoms with van der Waals surface area (Å²) in [4.78, 5) is 0. The summed E-state index contributed by atoms with van der Waals surface area (Å²) in [5.74, 6) is 1.70. The molecule has 1 aromatic rings. The molecule has 0 saturated carbocycles. The molecule has 3 heteroatoms. The molecule has 0 aromatic heterocycles. The highest BCUT2D eigenvalue weighted by Gasteiger charge is 2.27. The summed E-state index contributed by atoms with van der Waals surface area (Å²) in [6.45, 7) is 2.23. The normalized spacial score (nSPS) is 22.9. The molecule has 2 nitrogen and oxygen atoms in total. The number of aryl methyl sites for hydroxylation is 1. The predicted octanol–water partition coefficient (Wildman–Crippen LogP) is 3.80. The molecule has 1 aromatic carbocycles. The van der Waals surface area contributed by atoms with Crippen LogP contribution in [-0.4, -0.2) is 20.2 Å². The van der Waals surface area contributed by atoms with Gasteiger partial charge in [-0.2, -0.15) is 0 Å². The molecular formula is C16H22BrNO. The summed E-state index contributed by atoms with van der Waals surface area (Å²) < 4.78 is 6.86. The van der Waals surface area contributed by atoms with Crippen molar-refractivity contribution in [3.8, 4) is 5.75 Å². The Morgan fingerprint density at radius 1 is 1.26 bits per heavy atom. The van der Waals surface area contributed by atoms with Crippen molar-refractivity contribution < 1.29 is 4.74 Å². The standard InChI is InChI=1S/C16H22BrNO/c1-19-16-14(17)9-11-5-3-2-4-6-13(11)15(16)12-7-8-18-10-12/h9,12,18H,2-8,10H2,1H3. The van der Waals surface area contributed by atoms with Crippen LogP contribution in [0.3, 0.4) is 0 Å². The number of hydrogen-bond donors (Lipinski definition) is 1. The molecule has 0 spiro atoms. The first-order valence-corrected chi connectivity index (χ1v) is 8.19. The number of halogens is 1. The molecule has 1 unspecified atom stereocenters. The third-order valence-electron chi connectivity index (χ3n) is 4.52. The highest BCUT2D eigenvalue weighted by molar-refractivity contribution is 9.10. The molecule has 1 N–H and O–H groups in total. The topological polar surface area (TPSA) is 21.3 Å². The Morgan fingerprint density at radius 2 is 2.11 bits per heavy atom. The van der Waals surface area contributed by atoms with Gasteiger partial charge in [-0.3, -0.25) is 0 Å². The van der Waals surface area contributed by atoms with E-state index in [1.807, 2.05) is 0 Å². The van der Waals surface area contributed by atoms with Crippen LogP contribution in [0.1, 0.15) is 48.3 Å². The maximum atomic E-state index is 5.72. The van der Waals surface area contributed by atoms with Gasteiger partial charge in [-0.05, 0) is 71.8 Å². The molecule has 1 heterocycles. The smallest absolute Gasteiger partial charge is 0.136 e. The Bertz CT molecular complexity index is 466. The zero-order valence-electron chi connectivity index (χ0n) is 11.6. The van der Waals surface area contributed by atoms with Gasteiger partial charge in [-0.15, -0.1) is 0 Å². The van der Waals surface area contributed by atoms with Crippen molar-refractivity contribution in [2.24, 2.45) is 0 Å². The number of hydrogen-bond acceptors (Lipinski definition) is 2. The molecular weight excluding hydrogens is 302 g/mol. The molecule has 104 valence electrons. The van der Waals surface area contributed by atoms with Crippen molar-refractivity contribution in [3.63, 3.8) is 0 Å². The zero-order chi connectivity index (χ0) is 13.2. The fourth-order valence-electron chi connectivity index (χ4n) is 3.60. The van der Waals surface area contributed by atoms with Gasteiger partial charge in [0, 0.05) is 18.0 Å². The van der Waals surface area contributed by atoms with E-state index < -0.39 is 0 Å². The SMILES string of the molecule is COc1c(Br)cc2c(c1C1CCNC1)CCCCC2. The van der Waals surface area contributed by atoms with Gasteiger partial charge in [0.25, 0.3) is 0 Å². The van der Waals surface area contributed by atoms with Crippen LogP contribution in [0.4, 0.5) is 0 Å². The minimum absolute atomic E-state index is 0.624. The molecule has 0 amide bonds. The molecule has 0 radical (unpaired) electrons. The van der Waals surface area contributed by atoms with Crippen LogP contribution in [0.5, 0.6) is 5.75 Å². The first-order valence-electron chi connectivity index (χ1n) is 7.40. The van der Waals surface area contributed by atoms with Crippen LogP contribution in [0.2, 0.25) is 0 Å². The number of nitrogens with one attached hydrogen (secondary N) is 1. The fraction of sp³-hybridized carbons (Fsp3) is 0.625. The van der Waals surface area contributed by atoms with Crippen molar-refractivity contribution in [2.45, 2.75) is 44.4 Å². The van der Waals surface area contributed by atoms with Gasteiger partial charge in [-0.25, -0.2) is 0 Å². The molecule has 1 aliphatic heterocycles. The Hall–Kier alpha value is -0.540. The molecule has 1 atom stereocenters. The molecule has 1 saturated heterocycles. The van der Waals surface area contributed by atoms with Crippen LogP contribution >= 0.6 is 15.9 Å². The van der Waals surface area contributed by atoms with Crippen molar-refractivity contribution in [3.05, 3.63) is 27.2 Å². The molecule has 1 aliphatic carbocycles. The van der Waals surface area contributed by atoms with Crippen LogP contribution in [-0.2, 0) is 12.8 Å². The van der Waals surface area contributed by atoms with Gasteiger partial charge in [0.1, 0.15) is 5.75 Å². The summed E-state index contributed by atoms with van der Waals surface area (Å²) in [5, 5.41) is 3.49. The third-order valence-corrected chi connectivity index (χ3v) is 5.11. The quantitative estimate of drug-likeness (QED) is 0.836. The Kier molecular flexibility index (Phi) is 4.13. The second-order valence-electron chi connectivity index (χ2n) is 5.69. The minimum atomic E-state index is 0.624. The van der Waals surface area contributed by atoms with Crippen LogP contribution in [0.25, 0.3) is 0 Å². The fourth-order valence-corrected chi connectivity index (χ4v) is 4.25. The maximum Gasteiger partial charge on any atom is 0.136 e. The van der Waals surface area contributed by atoms with Crippen molar-refractivity contribution in [1.29, 1.82) is 0 Å². The van der Waals surface area contributed by atoms with E-state index in [2.05, 4.69) is 27.3 Å². The average Bonchev–Trinajstić information content (AvgIpc) is 2.83. The highest BCUT2D eigenvalue weighted by atomic mass is 79.9. The van der Waals surface area contributed by atoms with E-state index in [4.69, 9.17) is 4.74 Å². The van der Waals surface area contributed by atoms with Gasteiger partial charge in [0.15, 0.2) is 0 Å². The second-order valence-corrected chi connectivity index (χ2v) is 6.55. The molecule has 1 fully saturated rings. The lowest BCUT2D eigenvalue weighted by molar-refractivity contribution is 0.402. The van der Waals surface area contributed by atoms with E-state index in [0.717, 1.165) is 23.3 Å². The number of benzene rings is 1. The van der Waals surface area contributed by atoms with Crippen molar-refractivity contribution in [2.75, 3.05) is 20.2 Å². The third kappa shape index (κ3) is 2.55. The molecule has 0 bridgehead atoms. The number of fused-ring (bicyclic) bond motifs is 1. The molecule has 19 heavy (non-hydrogen) atoms. The Labute approximate surface area is 124 Å². The van der Waals surface area contributed by atoms with Crippen LogP contribution < -0.4 is 10.1 Å². The van der Waals surface area contributed by atoms with Gasteiger partial charge < -0.3 is 10.1 Å². The largest absolute Gasteiger partial charge is 0.495 e. The Morgan fingerprint density at radius 3 is 2.84 bits per heavy atom. The highest BCUT2D eigenvalue weighted by Crippen LogP contribution is 2.42. The maximum absolute atomic E-state index is 5.72. The van der Waals surface area contributed by atoms with Gasteiger partial charge >= 0.3 is 0 Å². The molecule has 2 aliphatic rings. The summed E-state index contributed by atoms with van der Waals surface area (Å²) in [6.07, 6.45) is 7.70. The zero-order valence-corrected chi connectivity index (χ0v) is 13.2. The summed E-state index contributed by atoms with van der Waals surface area (Å²) in [7, 11) is 1.80.